The fraction of sp³-hybridized carbons (Fsp3) is 0.694. The average molecular weight is 665 g/mol. The standard InChI is InChI=1S/C36H56O11/c1-2-3-4-5-6-7-8-9-10-11-12-13-14-15-16-20-24-45-36-32(44-25-23-28(33(39)40)34(41)42)31(30(38)29(26-37)46-36)47-35(43)27-21-18-17-19-22-27/h4-5,17-19,21-22,28-32,36-38H,2-3,6-16,20,23-26H2,1H3,(H,39,40)(H,41,42)/t29-,30+,31+,32-,36-/m1/s1. The summed E-state index contributed by atoms with van der Waals surface area (Å²) in [5.41, 5.74) is 0.227. The Morgan fingerprint density at radius 2 is 1.36 bits per heavy atom. The minimum absolute atomic E-state index is 0.227. The quantitative estimate of drug-likeness (QED) is 0.0402. The monoisotopic (exact) mass is 664 g/mol. The number of aliphatic hydroxyl groups excluding tert-OH is 2. The highest BCUT2D eigenvalue weighted by Gasteiger charge is 2.49. The summed E-state index contributed by atoms with van der Waals surface area (Å²) in [6.45, 7) is 1.55. The third-order valence-electron chi connectivity index (χ3n) is 8.28. The molecule has 0 saturated carbocycles. The van der Waals surface area contributed by atoms with E-state index < -0.39 is 61.1 Å². The molecule has 0 unspecified atom stereocenters. The van der Waals surface area contributed by atoms with Crippen molar-refractivity contribution in [3.8, 4) is 0 Å². The molecular formula is C36H56O11. The highest BCUT2D eigenvalue weighted by atomic mass is 16.7. The fourth-order valence-corrected chi connectivity index (χ4v) is 5.48. The molecule has 0 radical (unpaired) electrons. The van der Waals surface area contributed by atoms with Gasteiger partial charge in [0, 0.05) is 13.2 Å². The molecule has 0 spiro atoms. The summed E-state index contributed by atoms with van der Waals surface area (Å²) in [6.07, 6.45) is 14.2. The van der Waals surface area contributed by atoms with Gasteiger partial charge in [0.05, 0.1) is 12.2 Å². The van der Waals surface area contributed by atoms with Gasteiger partial charge in [0.25, 0.3) is 0 Å². The van der Waals surface area contributed by atoms with Crippen molar-refractivity contribution in [2.75, 3.05) is 19.8 Å². The lowest BCUT2D eigenvalue weighted by molar-refractivity contribution is -0.309. The Balaban J connectivity index is 1.82. The number of unbranched alkanes of at least 4 members (excludes halogenated alkanes) is 12. The number of allylic oxidation sites excluding steroid dienone is 2. The molecule has 0 aromatic heterocycles. The second-order valence-electron chi connectivity index (χ2n) is 12.1. The predicted molar refractivity (Wildman–Crippen MR) is 176 cm³/mol. The smallest absolute Gasteiger partial charge is 0.338 e. The van der Waals surface area contributed by atoms with E-state index >= 15 is 0 Å². The maximum atomic E-state index is 12.9. The zero-order chi connectivity index (χ0) is 34.3. The number of rotatable bonds is 26. The molecule has 11 nitrogen and oxygen atoms in total. The van der Waals surface area contributed by atoms with Crippen molar-refractivity contribution in [1.82, 2.24) is 0 Å². The van der Waals surface area contributed by atoms with Crippen LogP contribution in [-0.2, 0) is 28.5 Å². The largest absolute Gasteiger partial charge is 0.481 e. The Labute approximate surface area is 279 Å². The van der Waals surface area contributed by atoms with Gasteiger partial charge in [-0.25, -0.2) is 4.79 Å². The number of carboxylic acids is 2. The molecule has 1 aromatic rings. The van der Waals surface area contributed by atoms with Crippen LogP contribution in [0.4, 0.5) is 0 Å². The van der Waals surface area contributed by atoms with Crippen LogP contribution in [0.3, 0.4) is 0 Å². The summed E-state index contributed by atoms with van der Waals surface area (Å²) in [5, 5.41) is 39.3. The van der Waals surface area contributed by atoms with Gasteiger partial charge in [-0.2, -0.15) is 0 Å². The van der Waals surface area contributed by atoms with Crippen LogP contribution in [0.1, 0.15) is 114 Å². The molecule has 4 N–H and O–H groups in total. The summed E-state index contributed by atoms with van der Waals surface area (Å²) in [7, 11) is 0. The Kier molecular flexibility index (Phi) is 20.9. The van der Waals surface area contributed by atoms with E-state index in [-0.39, 0.29) is 25.2 Å². The molecule has 1 aliphatic heterocycles. The molecule has 266 valence electrons. The molecule has 2 rings (SSSR count). The van der Waals surface area contributed by atoms with Gasteiger partial charge < -0.3 is 39.4 Å². The van der Waals surface area contributed by atoms with Crippen LogP contribution in [0.25, 0.3) is 0 Å². The van der Waals surface area contributed by atoms with Crippen LogP contribution in [0.15, 0.2) is 42.5 Å². The third kappa shape index (κ3) is 15.7. The van der Waals surface area contributed by atoms with Crippen LogP contribution >= 0.6 is 0 Å². The molecule has 1 heterocycles. The maximum absolute atomic E-state index is 12.9. The van der Waals surface area contributed by atoms with E-state index in [1.165, 1.54) is 64.2 Å². The van der Waals surface area contributed by atoms with E-state index in [0.717, 1.165) is 25.7 Å². The number of hydrogen-bond acceptors (Lipinski definition) is 9. The molecule has 0 amide bonds. The van der Waals surface area contributed by atoms with Gasteiger partial charge in [-0.05, 0) is 44.2 Å². The molecule has 47 heavy (non-hydrogen) atoms. The van der Waals surface area contributed by atoms with Crippen LogP contribution in [-0.4, -0.2) is 88.9 Å². The number of aliphatic carboxylic acids is 2. The van der Waals surface area contributed by atoms with Crippen LogP contribution < -0.4 is 0 Å². The van der Waals surface area contributed by atoms with Gasteiger partial charge in [0.15, 0.2) is 18.3 Å². The highest BCUT2D eigenvalue weighted by molar-refractivity contribution is 5.92. The number of carboxylic acid groups (broad SMARTS) is 2. The average Bonchev–Trinajstić information content (AvgIpc) is 3.06. The van der Waals surface area contributed by atoms with Gasteiger partial charge in [-0.3, -0.25) is 9.59 Å². The first-order valence-corrected chi connectivity index (χ1v) is 17.3. The number of esters is 1. The second kappa shape index (κ2) is 24.3. The molecule has 0 bridgehead atoms. The van der Waals surface area contributed by atoms with E-state index in [0.29, 0.717) is 0 Å². The Hall–Kier alpha value is -2.83. The lowest BCUT2D eigenvalue weighted by atomic mass is 9.98. The van der Waals surface area contributed by atoms with Gasteiger partial charge in [0.2, 0.25) is 0 Å². The number of carbonyl (C=O) groups is 3. The zero-order valence-electron chi connectivity index (χ0n) is 27.9. The topological polar surface area (TPSA) is 169 Å². The van der Waals surface area contributed by atoms with Gasteiger partial charge >= 0.3 is 17.9 Å². The SMILES string of the molecule is CCCC=CCCCCCCCCCCCCCO[C@@H]1O[C@H](CO)[C@H](O)[C@H](OC(=O)c2ccccc2)[C@H]1OCCC(C(=O)O)C(=O)O. The second-order valence-corrected chi connectivity index (χ2v) is 12.1. The molecule has 1 aliphatic rings. The summed E-state index contributed by atoms with van der Waals surface area (Å²) in [5.74, 6) is -5.47. The van der Waals surface area contributed by atoms with Crippen LogP contribution in [0, 0.1) is 5.92 Å². The first kappa shape index (κ1) is 40.3. The normalized spacial score (nSPS) is 21.3. The van der Waals surface area contributed by atoms with Crippen molar-refractivity contribution < 1.29 is 53.8 Å². The summed E-state index contributed by atoms with van der Waals surface area (Å²) < 4.78 is 23.2. The minimum Gasteiger partial charge on any atom is -0.481 e. The summed E-state index contributed by atoms with van der Waals surface area (Å²) in [6, 6.07) is 8.13. The zero-order valence-corrected chi connectivity index (χ0v) is 27.9. The van der Waals surface area contributed by atoms with E-state index in [1.54, 1.807) is 30.3 Å². The Morgan fingerprint density at radius 1 is 0.787 bits per heavy atom. The molecular weight excluding hydrogens is 608 g/mol. The number of ether oxygens (including phenoxy) is 4. The van der Waals surface area contributed by atoms with Crippen molar-refractivity contribution in [2.45, 2.75) is 134 Å². The number of hydrogen-bond donors (Lipinski definition) is 4. The molecule has 1 fully saturated rings. The number of aliphatic hydroxyl groups is 2. The Bertz CT molecular complexity index is 1020. The van der Waals surface area contributed by atoms with E-state index in [9.17, 15) is 34.8 Å². The van der Waals surface area contributed by atoms with Crippen LogP contribution in [0.5, 0.6) is 0 Å². The van der Waals surface area contributed by atoms with Crippen molar-refractivity contribution in [3.63, 3.8) is 0 Å². The fourth-order valence-electron chi connectivity index (χ4n) is 5.48. The van der Waals surface area contributed by atoms with E-state index in [4.69, 9.17) is 18.9 Å². The third-order valence-corrected chi connectivity index (χ3v) is 8.28. The first-order chi connectivity index (χ1) is 22.8. The number of carbonyl (C=O) groups excluding carboxylic acids is 1. The van der Waals surface area contributed by atoms with Crippen LogP contribution in [0.2, 0.25) is 0 Å². The van der Waals surface area contributed by atoms with Crippen molar-refractivity contribution in [2.24, 2.45) is 5.92 Å². The molecule has 11 heteroatoms. The van der Waals surface area contributed by atoms with Gasteiger partial charge in [-0.1, -0.05) is 101 Å². The summed E-state index contributed by atoms with van der Waals surface area (Å²) in [4.78, 5) is 35.6. The van der Waals surface area contributed by atoms with E-state index in [2.05, 4.69) is 19.1 Å². The Morgan fingerprint density at radius 3 is 1.94 bits per heavy atom. The molecule has 5 atom stereocenters. The molecule has 0 aliphatic carbocycles. The minimum atomic E-state index is -1.71. The predicted octanol–water partition coefficient (Wildman–Crippen LogP) is 5.90. The lowest BCUT2D eigenvalue weighted by Gasteiger charge is -2.43. The first-order valence-electron chi connectivity index (χ1n) is 17.3. The maximum Gasteiger partial charge on any atom is 0.338 e. The van der Waals surface area contributed by atoms with Crippen molar-refractivity contribution >= 4 is 17.9 Å². The molecule has 1 saturated heterocycles. The highest BCUT2D eigenvalue weighted by Crippen LogP contribution is 2.28. The van der Waals surface area contributed by atoms with Gasteiger partial charge in [-0.15, -0.1) is 0 Å². The van der Waals surface area contributed by atoms with Crippen molar-refractivity contribution in [1.29, 1.82) is 0 Å². The lowest BCUT2D eigenvalue weighted by Crippen LogP contribution is -2.61. The molecule has 1 aromatic carbocycles. The van der Waals surface area contributed by atoms with Gasteiger partial charge in [0.1, 0.15) is 18.3 Å². The summed E-state index contributed by atoms with van der Waals surface area (Å²) >= 11 is 0. The number of benzene rings is 1. The van der Waals surface area contributed by atoms with E-state index in [1.807, 2.05) is 0 Å². The van der Waals surface area contributed by atoms with Crippen molar-refractivity contribution in [3.05, 3.63) is 48.0 Å².